The van der Waals surface area contributed by atoms with Crippen LogP contribution in [0.2, 0.25) is 0 Å². The molecule has 0 amide bonds. The zero-order chi connectivity index (χ0) is 14.5. The largest absolute Gasteiger partial charge is 0.456 e. The number of halogens is 1. The summed E-state index contributed by atoms with van der Waals surface area (Å²) in [6, 6.07) is 8.99. The number of carbonyl (C=O) groups is 1. The van der Waals surface area contributed by atoms with Crippen LogP contribution in [0.5, 0.6) is 0 Å². The third kappa shape index (κ3) is 4.14. The number of alkyl halides is 1. The van der Waals surface area contributed by atoms with Crippen molar-refractivity contribution < 1.29 is 23.1 Å². The molecule has 2 unspecified atom stereocenters. The van der Waals surface area contributed by atoms with Crippen molar-refractivity contribution in [1.29, 1.82) is 0 Å². The van der Waals surface area contributed by atoms with Crippen LogP contribution >= 0.6 is 23.5 Å². The van der Waals surface area contributed by atoms with E-state index in [1.165, 1.54) is 21.1 Å². The zero-order valence-electron chi connectivity index (χ0n) is 10.9. The Balaban J connectivity index is 3.11. The van der Waals surface area contributed by atoms with Crippen LogP contribution in [0.3, 0.4) is 0 Å². The van der Waals surface area contributed by atoms with Crippen molar-refractivity contribution in [3.05, 3.63) is 35.9 Å². The van der Waals surface area contributed by atoms with Gasteiger partial charge in [-0.2, -0.15) is 0 Å². The number of hydrogen-bond acceptors (Lipinski definition) is 5. The lowest BCUT2D eigenvalue weighted by Crippen LogP contribution is -2.20. The molecule has 19 heavy (non-hydrogen) atoms. The van der Waals surface area contributed by atoms with Crippen molar-refractivity contribution in [2.45, 2.75) is 17.6 Å². The van der Waals surface area contributed by atoms with E-state index in [0.717, 1.165) is 0 Å². The molecule has 0 aliphatic heterocycles. The molecule has 5 nitrogen and oxygen atoms in total. The summed E-state index contributed by atoms with van der Waals surface area (Å²) >= 11 is 3.26. The third-order valence-corrected chi connectivity index (χ3v) is 6.36. The lowest BCUT2D eigenvalue weighted by molar-refractivity contribution is -0.146. The van der Waals surface area contributed by atoms with Crippen LogP contribution in [0.1, 0.15) is 18.6 Å². The van der Waals surface area contributed by atoms with Gasteiger partial charge in [0.1, 0.15) is 0 Å². The molecule has 7 heteroatoms. The Kier molecular flexibility index (Phi) is 6.20. The molecule has 1 aromatic carbocycles. The van der Waals surface area contributed by atoms with Crippen LogP contribution in [0.15, 0.2) is 30.3 Å². The van der Waals surface area contributed by atoms with E-state index in [2.05, 4.69) is 15.9 Å². The number of benzene rings is 1. The van der Waals surface area contributed by atoms with Crippen molar-refractivity contribution >= 4 is 29.5 Å². The highest BCUT2D eigenvalue weighted by atomic mass is 79.9. The second kappa shape index (κ2) is 7.20. The summed E-state index contributed by atoms with van der Waals surface area (Å²) < 4.78 is 26.7. The second-order valence-electron chi connectivity index (χ2n) is 3.72. The number of esters is 1. The van der Waals surface area contributed by atoms with Crippen LogP contribution in [0.25, 0.3) is 0 Å². The monoisotopic (exact) mass is 350 g/mol. The van der Waals surface area contributed by atoms with E-state index in [1.807, 2.05) is 6.07 Å². The van der Waals surface area contributed by atoms with E-state index >= 15 is 0 Å². The van der Waals surface area contributed by atoms with Crippen molar-refractivity contribution in [3.63, 3.8) is 0 Å². The zero-order valence-corrected chi connectivity index (χ0v) is 13.4. The second-order valence-corrected chi connectivity index (χ2v) is 7.78. The van der Waals surface area contributed by atoms with Crippen LogP contribution < -0.4 is 0 Å². The van der Waals surface area contributed by atoms with Gasteiger partial charge in [0.25, 0.3) is 0 Å². The van der Waals surface area contributed by atoms with Gasteiger partial charge >= 0.3 is 13.6 Å². The first-order valence-corrected chi connectivity index (χ1v) is 8.04. The quantitative estimate of drug-likeness (QED) is 0.446. The first-order valence-electron chi connectivity index (χ1n) is 5.52. The van der Waals surface area contributed by atoms with Gasteiger partial charge in [0.2, 0.25) is 0 Å². The lowest BCUT2D eigenvalue weighted by atomic mass is 10.1. The van der Waals surface area contributed by atoms with Gasteiger partial charge < -0.3 is 13.8 Å². The van der Waals surface area contributed by atoms with E-state index in [9.17, 15) is 9.36 Å². The van der Waals surface area contributed by atoms with Crippen molar-refractivity contribution in [3.8, 4) is 0 Å². The van der Waals surface area contributed by atoms with E-state index in [4.69, 9.17) is 13.8 Å². The molecule has 0 saturated heterocycles. The molecule has 0 fully saturated rings. The minimum atomic E-state index is -3.41. The van der Waals surface area contributed by atoms with Gasteiger partial charge in [-0.15, -0.1) is 0 Å². The van der Waals surface area contributed by atoms with Crippen LogP contribution in [0, 0.1) is 0 Å². The van der Waals surface area contributed by atoms with Crippen molar-refractivity contribution in [1.82, 2.24) is 0 Å². The predicted molar refractivity (Wildman–Crippen MR) is 75.3 cm³/mol. The molecular formula is C12H16BrO5P. The van der Waals surface area contributed by atoms with Gasteiger partial charge in [-0.25, -0.2) is 0 Å². The molecule has 0 N–H and O–H groups in total. The fourth-order valence-corrected chi connectivity index (χ4v) is 4.08. The molecule has 106 valence electrons. The molecular weight excluding hydrogens is 335 g/mol. The van der Waals surface area contributed by atoms with Gasteiger partial charge in [-0.3, -0.25) is 9.36 Å². The van der Waals surface area contributed by atoms with Gasteiger partial charge in [0.05, 0.1) is 0 Å². The van der Waals surface area contributed by atoms with Crippen LogP contribution in [0.4, 0.5) is 0 Å². The standard InChI is InChI=1S/C12H16BrO5P/c1-9(14)18-11(10-7-5-4-6-8-10)12(13)19(15,16-2)17-3/h4-8,11-12H,1-3H3. The summed E-state index contributed by atoms with van der Waals surface area (Å²) in [6.45, 7) is 1.29. The molecule has 1 rings (SSSR count). The lowest BCUT2D eigenvalue weighted by Gasteiger charge is -2.27. The molecule has 0 radical (unpaired) electrons. The molecule has 0 aliphatic rings. The van der Waals surface area contributed by atoms with Crippen LogP contribution in [-0.2, 0) is 23.1 Å². The Morgan fingerprint density at radius 2 is 1.74 bits per heavy atom. The number of hydrogen-bond donors (Lipinski definition) is 0. The summed E-state index contributed by atoms with van der Waals surface area (Å²) in [5.41, 5.74) is 0.703. The van der Waals surface area contributed by atoms with Gasteiger partial charge in [0, 0.05) is 21.1 Å². The minimum Gasteiger partial charge on any atom is -0.456 e. The normalized spacial score (nSPS) is 14.7. The molecule has 0 aliphatic carbocycles. The average molecular weight is 351 g/mol. The summed E-state index contributed by atoms with van der Waals surface area (Å²) in [4.78, 5) is 11.2. The Hall–Kier alpha value is -0.680. The van der Waals surface area contributed by atoms with Gasteiger partial charge in [0.15, 0.2) is 10.7 Å². The summed E-state index contributed by atoms with van der Waals surface area (Å²) in [5.74, 6) is -0.475. The number of carbonyl (C=O) groups excluding carboxylic acids is 1. The molecule has 1 aromatic rings. The Morgan fingerprint density at radius 3 is 2.16 bits per heavy atom. The highest BCUT2D eigenvalue weighted by Crippen LogP contribution is 2.59. The average Bonchev–Trinajstić information content (AvgIpc) is 2.44. The van der Waals surface area contributed by atoms with E-state index in [1.54, 1.807) is 24.3 Å². The Bertz CT molecular complexity index is 456. The maximum absolute atomic E-state index is 12.4. The molecule has 0 spiro atoms. The molecule has 2 atom stereocenters. The van der Waals surface area contributed by atoms with Crippen LogP contribution in [-0.4, -0.2) is 24.8 Å². The van der Waals surface area contributed by atoms with Crippen molar-refractivity contribution in [2.75, 3.05) is 14.2 Å². The highest BCUT2D eigenvalue weighted by Gasteiger charge is 2.40. The maximum atomic E-state index is 12.4. The topological polar surface area (TPSA) is 61.8 Å². The number of ether oxygens (including phenoxy) is 1. The SMILES string of the molecule is COP(=O)(OC)C(Br)C(OC(C)=O)c1ccccc1. The summed E-state index contributed by atoms with van der Waals surface area (Å²) in [7, 11) is -0.838. The maximum Gasteiger partial charge on any atom is 0.347 e. The minimum absolute atomic E-state index is 0.475. The van der Waals surface area contributed by atoms with E-state index < -0.39 is 24.2 Å². The predicted octanol–water partition coefficient (Wildman–Crippen LogP) is 3.50. The Labute approximate surface area is 120 Å². The third-order valence-electron chi connectivity index (χ3n) is 2.48. The van der Waals surface area contributed by atoms with Gasteiger partial charge in [-0.1, -0.05) is 46.3 Å². The van der Waals surface area contributed by atoms with Gasteiger partial charge in [-0.05, 0) is 5.56 Å². The smallest absolute Gasteiger partial charge is 0.347 e. The molecule has 0 saturated carbocycles. The Morgan fingerprint density at radius 1 is 1.21 bits per heavy atom. The van der Waals surface area contributed by atoms with E-state index in [-0.39, 0.29) is 0 Å². The summed E-state index contributed by atoms with van der Waals surface area (Å²) in [6.07, 6.45) is -0.760. The first kappa shape index (κ1) is 16.4. The first-order chi connectivity index (χ1) is 8.94. The molecule has 0 aromatic heterocycles. The summed E-state index contributed by atoms with van der Waals surface area (Å²) in [5, 5.41) is 0. The molecule has 0 heterocycles. The molecule has 0 bridgehead atoms. The fourth-order valence-electron chi connectivity index (χ4n) is 1.55. The number of rotatable bonds is 6. The fraction of sp³-hybridized carbons (Fsp3) is 0.417. The van der Waals surface area contributed by atoms with E-state index in [0.29, 0.717) is 5.56 Å². The highest BCUT2D eigenvalue weighted by molar-refractivity contribution is 9.10. The van der Waals surface area contributed by atoms with Crippen molar-refractivity contribution in [2.24, 2.45) is 0 Å².